The van der Waals surface area contributed by atoms with Gasteiger partial charge in [0.1, 0.15) is 17.7 Å². The van der Waals surface area contributed by atoms with E-state index >= 15 is 0 Å². The Morgan fingerprint density at radius 1 is 1.29 bits per heavy atom. The first-order valence-electron chi connectivity index (χ1n) is 4.94. The summed E-state index contributed by atoms with van der Waals surface area (Å²) in [5, 5.41) is 11.5. The summed E-state index contributed by atoms with van der Waals surface area (Å²) in [6.07, 6.45) is 2.78. The Hall–Kier alpha value is -2.48. The molecule has 1 aromatic carbocycles. The third-order valence-electron chi connectivity index (χ3n) is 2.21. The molecule has 0 aliphatic heterocycles. The van der Waals surface area contributed by atoms with Crippen molar-refractivity contribution in [3.63, 3.8) is 0 Å². The molecule has 4 nitrogen and oxygen atoms in total. The van der Waals surface area contributed by atoms with Crippen LogP contribution in [0.1, 0.15) is 11.3 Å². The smallest absolute Gasteiger partial charge is 0.158 e. The van der Waals surface area contributed by atoms with E-state index in [1.54, 1.807) is 19.1 Å². The van der Waals surface area contributed by atoms with Gasteiger partial charge in [-0.2, -0.15) is 5.26 Å². The van der Waals surface area contributed by atoms with E-state index in [-0.39, 0.29) is 11.5 Å². The Labute approximate surface area is 97.8 Å². The second-order valence-electron chi connectivity index (χ2n) is 3.49. The minimum absolute atomic E-state index is 0.241. The molecular weight excluding hydrogens is 219 g/mol. The predicted octanol–water partition coefficient (Wildman–Crippen LogP) is 2.54. The van der Waals surface area contributed by atoms with Crippen molar-refractivity contribution in [1.82, 2.24) is 9.97 Å². The zero-order valence-electron chi connectivity index (χ0n) is 9.11. The first-order chi connectivity index (χ1) is 8.19. The minimum atomic E-state index is -0.281. The van der Waals surface area contributed by atoms with Gasteiger partial charge in [-0.1, -0.05) is 6.07 Å². The lowest BCUT2D eigenvalue weighted by molar-refractivity contribution is 0.619. The van der Waals surface area contributed by atoms with Crippen molar-refractivity contribution in [3.05, 3.63) is 47.7 Å². The van der Waals surface area contributed by atoms with Gasteiger partial charge in [-0.3, -0.25) is 0 Å². The third-order valence-corrected chi connectivity index (χ3v) is 2.21. The van der Waals surface area contributed by atoms with Crippen LogP contribution in [0.15, 0.2) is 30.6 Å². The van der Waals surface area contributed by atoms with Crippen LogP contribution in [0.4, 0.5) is 15.9 Å². The lowest BCUT2D eigenvalue weighted by atomic mass is 10.2. The molecule has 0 fully saturated rings. The number of nitriles is 1. The number of nitrogens with zero attached hydrogens (tertiary/aromatic N) is 3. The normalized spacial score (nSPS) is 9.71. The van der Waals surface area contributed by atoms with Gasteiger partial charge in [0.15, 0.2) is 5.69 Å². The van der Waals surface area contributed by atoms with E-state index in [0.717, 1.165) is 0 Å². The highest BCUT2D eigenvalue weighted by molar-refractivity contribution is 5.55. The van der Waals surface area contributed by atoms with Gasteiger partial charge in [-0.05, 0) is 24.6 Å². The summed E-state index contributed by atoms with van der Waals surface area (Å²) in [5.41, 5.74) is 1.42. The lowest BCUT2D eigenvalue weighted by Gasteiger charge is -2.05. The second-order valence-corrected chi connectivity index (χ2v) is 3.49. The van der Waals surface area contributed by atoms with Crippen LogP contribution in [0.25, 0.3) is 0 Å². The van der Waals surface area contributed by atoms with E-state index in [9.17, 15) is 4.39 Å². The van der Waals surface area contributed by atoms with Gasteiger partial charge in [0.2, 0.25) is 0 Å². The van der Waals surface area contributed by atoms with Crippen LogP contribution < -0.4 is 5.32 Å². The van der Waals surface area contributed by atoms with Crippen LogP contribution in [0, 0.1) is 24.1 Å². The monoisotopic (exact) mass is 228 g/mol. The Morgan fingerprint density at radius 2 is 2.12 bits per heavy atom. The minimum Gasteiger partial charge on any atom is -0.339 e. The number of hydrogen-bond acceptors (Lipinski definition) is 4. The molecule has 17 heavy (non-hydrogen) atoms. The molecule has 0 saturated carbocycles. The van der Waals surface area contributed by atoms with Gasteiger partial charge in [0.05, 0.1) is 12.4 Å². The zero-order valence-corrected chi connectivity index (χ0v) is 9.11. The molecule has 84 valence electrons. The average molecular weight is 228 g/mol. The van der Waals surface area contributed by atoms with E-state index in [1.807, 2.05) is 6.07 Å². The van der Waals surface area contributed by atoms with Crippen LogP contribution in [0.5, 0.6) is 0 Å². The van der Waals surface area contributed by atoms with Gasteiger partial charge in [0, 0.05) is 5.69 Å². The molecule has 1 heterocycles. The number of aryl methyl sites for hydroxylation is 1. The summed E-state index contributed by atoms with van der Waals surface area (Å²) in [4.78, 5) is 7.83. The Kier molecular flexibility index (Phi) is 2.97. The molecule has 0 amide bonds. The van der Waals surface area contributed by atoms with Crippen LogP contribution in [0.2, 0.25) is 0 Å². The lowest BCUT2D eigenvalue weighted by Crippen LogP contribution is -1.96. The summed E-state index contributed by atoms with van der Waals surface area (Å²) >= 11 is 0. The predicted molar refractivity (Wildman–Crippen MR) is 61.2 cm³/mol. The molecule has 0 aliphatic rings. The molecule has 5 heteroatoms. The van der Waals surface area contributed by atoms with Crippen LogP contribution in [-0.2, 0) is 0 Å². The van der Waals surface area contributed by atoms with Crippen molar-refractivity contribution < 1.29 is 4.39 Å². The van der Waals surface area contributed by atoms with Crippen LogP contribution in [0.3, 0.4) is 0 Å². The largest absolute Gasteiger partial charge is 0.339 e. The number of anilines is 2. The molecule has 0 spiro atoms. The average Bonchev–Trinajstić information content (AvgIpc) is 2.35. The number of hydrogen-bond donors (Lipinski definition) is 1. The maximum atomic E-state index is 13.3. The molecule has 0 unspecified atom stereocenters. The highest BCUT2D eigenvalue weighted by Crippen LogP contribution is 2.17. The van der Waals surface area contributed by atoms with Gasteiger partial charge in [-0.15, -0.1) is 0 Å². The fraction of sp³-hybridized carbons (Fsp3) is 0.0833. The number of nitrogens with one attached hydrogen (secondary N) is 1. The van der Waals surface area contributed by atoms with E-state index in [4.69, 9.17) is 5.26 Å². The van der Waals surface area contributed by atoms with Crippen molar-refractivity contribution in [1.29, 1.82) is 5.26 Å². The quantitative estimate of drug-likeness (QED) is 0.857. The maximum Gasteiger partial charge on any atom is 0.158 e. The molecule has 1 N–H and O–H groups in total. The molecule has 2 rings (SSSR count). The molecule has 2 aromatic rings. The number of benzene rings is 1. The first kappa shape index (κ1) is 11.0. The summed E-state index contributed by atoms with van der Waals surface area (Å²) in [6, 6.07) is 6.68. The number of halogens is 1. The molecular formula is C12H9FN4. The first-order valence-corrected chi connectivity index (χ1v) is 4.94. The fourth-order valence-corrected chi connectivity index (χ4v) is 1.27. The van der Waals surface area contributed by atoms with Gasteiger partial charge in [-0.25, -0.2) is 14.4 Å². The Bertz CT molecular complexity index is 572. The molecule has 1 aromatic heterocycles. The van der Waals surface area contributed by atoms with Crippen molar-refractivity contribution in [3.8, 4) is 6.07 Å². The summed E-state index contributed by atoms with van der Waals surface area (Å²) < 4.78 is 13.3. The maximum absolute atomic E-state index is 13.3. The van der Waals surface area contributed by atoms with Crippen molar-refractivity contribution >= 4 is 11.5 Å². The van der Waals surface area contributed by atoms with Crippen LogP contribution in [-0.4, -0.2) is 9.97 Å². The van der Waals surface area contributed by atoms with E-state index in [0.29, 0.717) is 17.1 Å². The van der Waals surface area contributed by atoms with Gasteiger partial charge >= 0.3 is 0 Å². The fourth-order valence-electron chi connectivity index (χ4n) is 1.27. The summed E-state index contributed by atoms with van der Waals surface area (Å²) in [6.45, 7) is 1.70. The van der Waals surface area contributed by atoms with Gasteiger partial charge in [0.25, 0.3) is 0 Å². The topological polar surface area (TPSA) is 61.6 Å². The summed E-state index contributed by atoms with van der Waals surface area (Å²) in [5.74, 6) is 0.184. The van der Waals surface area contributed by atoms with E-state index in [1.165, 1.54) is 18.5 Å². The van der Waals surface area contributed by atoms with Crippen LogP contribution >= 0.6 is 0 Å². The Morgan fingerprint density at radius 3 is 2.71 bits per heavy atom. The van der Waals surface area contributed by atoms with Crippen molar-refractivity contribution in [2.45, 2.75) is 6.92 Å². The number of aromatic nitrogens is 2. The molecule has 0 radical (unpaired) electrons. The molecule has 0 bridgehead atoms. The third kappa shape index (κ3) is 2.55. The zero-order chi connectivity index (χ0) is 12.3. The summed E-state index contributed by atoms with van der Waals surface area (Å²) in [7, 11) is 0. The highest BCUT2D eigenvalue weighted by Gasteiger charge is 2.01. The van der Waals surface area contributed by atoms with Crippen molar-refractivity contribution in [2.24, 2.45) is 0 Å². The molecule has 0 saturated heterocycles. The number of rotatable bonds is 2. The Balaban J connectivity index is 2.20. The van der Waals surface area contributed by atoms with E-state index in [2.05, 4.69) is 15.3 Å². The SMILES string of the molecule is Cc1ccc(Nc2cnc(C#N)cn2)cc1F. The molecule has 0 atom stereocenters. The van der Waals surface area contributed by atoms with Gasteiger partial charge < -0.3 is 5.32 Å². The second kappa shape index (κ2) is 4.58. The molecule has 0 aliphatic carbocycles. The standard InChI is InChI=1S/C12H9FN4/c1-8-2-3-9(4-11(8)13)17-12-7-15-10(5-14)6-16-12/h2-4,6-7H,1H3,(H,16,17). The van der Waals surface area contributed by atoms with E-state index < -0.39 is 0 Å². The highest BCUT2D eigenvalue weighted by atomic mass is 19.1. The van der Waals surface area contributed by atoms with Crippen molar-refractivity contribution in [2.75, 3.05) is 5.32 Å².